The summed E-state index contributed by atoms with van der Waals surface area (Å²) < 4.78 is 0. The van der Waals surface area contributed by atoms with Crippen LogP contribution < -0.4 is 5.32 Å². The van der Waals surface area contributed by atoms with Crippen LogP contribution in [-0.2, 0) is 17.8 Å². The quantitative estimate of drug-likeness (QED) is 0.690. The van der Waals surface area contributed by atoms with E-state index in [-0.39, 0.29) is 5.91 Å². The van der Waals surface area contributed by atoms with Crippen molar-refractivity contribution in [1.82, 2.24) is 14.9 Å². The first-order valence-electron chi connectivity index (χ1n) is 9.61. The van der Waals surface area contributed by atoms with Gasteiger partial charge in [0.25, 0.3) is 0 Å². The molecule has 0 radical (unpaired) electrons. The summed E-state index contributed by atoms with van der Waals surface area (Å²) in [5.74, 6) is 0.742. The SMILES string of the molecule is Cc1[nH]c2ccccc2c1CC(=O)Nc1nc(CN2CCCC(C)C2)cs1. The first kappa shape index (κ1) is 18.2. The molecule has 1 fully saturated rings. The van der Waals surface area contributed by atoms with E-state index in [1.807, 2.05) is 25.1 Å². The molecule has 1 aliphatic rings. The highest BCUT2D eigenvalue weighted by Gasteiger charge is 2.18. The maximum Gasteiger partial charge on any atom is 0.230 e. The summed E-state index contributed by atoms with van der Waals surface area (Å²) in [5, 5.41) is 6.84. The summed E-state index contributed by atoms with van der Waals surface area (Å²) in [6.07, 6.45) is 2.94. The van der Waals surface area contributed by atoms with Crippen LogP contribution in [0.3, 0.4) is 0 Å². The fraction of sp³-hybridized carbons (Fsp3) is 0.429. The summed E-state index contributed by atoms with van der Waals surface area (Å²) in [4.78, 5) is 23.0. The Bertz CT molecular complexity index is 945. The largest absolute Gasteiger partial charge is 0.358 e. The Morgan fingerprint density at radius 1 is 1.41 bits per heavy atom. The van der Waals surface area contributed by atoms with Gasteiger partial charge >= 0.3 is 0 Å². The summed E-state index contributed by atoms with van der Waals surface area (Å²) in [6.45, 7) is 7.48. The topological polar surface area (TPSA) is 61.0 Å². The number of hydrogen-bond acceptors (Lipinski definition) is 4. The first-order chi connectivity index (χ1) is 13.1. The molecule has 1 unspecified atom stereocenters. The maximum atomic E-state index is 12.5. The molecule has 3 heterocycles. The van der Waals surface area contributed by atoms with Gasteiger partial charge in [-0.3, -0.25) is 9.69 Å². The third kappa shape index (κ3) is 4.22. The van der Waals surface area contributed by atoms with E-state index >= 15 is 0 Å². The second-order valence-electron chi connectivity index (χ2n) is 7.63. The number of aryl methyl sites for hydroxylation is 1. The van der Waals surface area contributed by atoms with Crippen molar-refractivity contribution < 1.29 is 4.79 Å². The number of aromatic nitrogens is 2. The number of H-pyrrole nitrogens is 1. The van der Waals surface area contributed by atoms with Crippen molar-refractivity contribution in [2.45, 2.75) is 39.7 Å². The highest BCUT2D eigenvalue weighted by atomic mass is 32.1. The van der Waals surface area contributed by atoms with E-state index in [0.29, 0.717) is 11.6 Å². The van der Waals surface area contributed by atoms with E-state index in [1.54, 1.807) is 0 Å². The van der Waals surface area contributed by atoms with Gasteiger partial charge in [-0.2, -0.15) is 0 Å². The van der Waals surface area contributed by atoms with Gasteiger partial charge in [0.15, 0.2) is 5.13 Å². The fourth-order valence-corrected chi connectivity index (χ4v) is 4.70. The average molecular weight is 383 g/mol. The molecule has 0 bridgehead atoms. The molecule has 1 amide bonds. The van der Waals surface area contributed by atoms with Gasteiger partial charge in [0, 0.05) is 35.1 Å². The molecule has 1 saturated heterocycles. The fourth-order valence-electron chi connectivity index (χ4n) is 3.98. The van der Waals surface area contributed by atoms with Crippen LogP contribution in [0, 0.1) is 12.8 Å². The van der Waals surface area contributed by atoms with E-state index < -0.39 is 0 Å². The van der Waals surface area contributed by atoms with Crippen LogP contribution in [0.5, 0.6) is 0 Å². The van der Waals surface area contributed by atoms with Crippen molar-refractivity contribution in [3.8, 4) is 0 Å². The van der Waals surface area contributed by atoms with Gasteiger partial charge < -0.3 is 10.3 Å². The predicted octanol–water partition coefficient (Wildman–Crippen LogP) is 4.35. The number of likely N-dealkylation sites (tertiary alicyclic amines) is 1. The Labute approximate surface area is 163 Å². The first-order valence-corrected chi connectivity index (χ1v) is 10.5. The van der Waals surface area contributed by atoms with Crippen molar-refractivity contribution >= 4 is 33.3 Å². The highest BCUT2D eigenvalue weighted by molar-refractivity contribution is 7.13. The number of hydrogen-bond donors (Lipinski definition) is 2. The Morgan fingerprint density at radius 3 is 3.11 bits per heavy atom. The summed E-state index contributed by atoms with van der Waals surface area (Å²) in [7, 11) is 0. The number of aromatic amines is 1. The molecule has 142 valence electrons. The number of nitrogens with zero attached hydrogens (tertiary/aromatic N) is 2. The normalized spacial score (nSPS) is 18.1. The molecule has 4 rings (SSSR count). The second-order valence-corrected chi connectivity index (χ2v) is 8.48. The van der Waals surface area contributed by atoms with Crippen LogP contribution in [0.15, 0.2) is 29.6 Å². The minimum atomic E-state index is -0.0182. The standard InChI is InChI=1S/C21H26N4OS/c1-14-6-5-9-25(11-14)12-16-13-27-21(23-16)24-20(26)10-18-15(2)22-19-8-4-3-7-17(18)19/h3-4,7-8,13-14,22H,5-6,9-12H2,1-2H3,(H,23,24,26). The second kappa shape index (κ2) is 7.82. The van der Waals surface area contributed by atoms with Gasteiger partial charge in [0.05, 0.1) is 12.1 Å². The highest BCUT2D eigenvalue weighted by Crippen LogP contribution is 2.24. The van der Waals surface area contributed by atoms with Crippen LogP contribution in [0.25, 0.3) is 10.9 Å². The van der Waals surface area contributed by atoms with Crippen LogP contribution in [0.1, 0.15) is 36.7 Å². The van der Waals surface area contributed by atoms with Crippen molar-refractivity contribution in [3.63, 3.8) is 0 Å². The molecular formula is C21H26N4OS. The van der Waals surface area contributed by atoms with E-state index in [9.17, 15) is 4.79 Å². The van der Waals surface area contributed by atoms with Gasteiger partial charge in [-0.15, -0.1) is 11.3 Å². The molecule has 5 nitrogen and oxygen atoms in total. The zero-order chi connectivity index (χ0) is 18.8. The number of piperidine rings is 1. The predicted molar refractivity (Wildman–Crippen MR) is 111 cm³/mol. The molecule has 1 aliphatic heterocycles. The molecule has 0 saturated carbocycles. The van der Waals surface area contributed by atoms with Crippen molar-refractivity contribution in [3.05, 3.63) is 46.6 Å². The Morgan fingerprint density at radius 2 is 2.26 bits per heavy atom. The number of fused-ring (bicyclic) bond motifs is 1. The molecule has 3 aromatic rings. The van der Waals surface area contributed by atoms with Crippen molar-refractivity contribution in [1.29, 1.82) is 0 Å². The van der Waals surface area contributed by atoms with Gasteiger partial charge in [-0.05, 0) is 43.9 Å². The molecule has 2 aromatic heterocycles. The Hall–Kier alpha value is -2.18. The van der Waals surface area contributed by atoms with Crippen LogP contribution in [0.4, 0.5) is 5.13 Å². The molecular weight excluding hydrogens is 356 g/mol. The minimum Gasteiger partial charge on any atom is -0.358 e. The van der Waals surface area contributed by atoms with Crippen LogP contribution in [-0.4, -0.2) is 33.9 Å². The van der Waals surface area contributed by atoms with Gasteiger partial charge in [0.2, 0.25) is 5.91 Å². The molecule has 0 aliphatic carbocycles. The average Bonchev–Trinajstić information content (AvgIpc) is 3.19. The minimum absolute atomic E-state index is 0.0182. The van der Waals surface area contributed by atoms with E-state index in [0.717, 1.165) is 53.4 Å². The number of thiazole rings is 1. The number of para-hydroxylation sites is 1. The molecule has 2 N–H and O–H groups in total. The maximum absolute atomic E-state index is 12.5. The van der Waals surface area contributed by atoms with E-state index in [4.69, 9.17) is 0 Å². The third-order valence-electron chi connectivity index (χ3n) is 5.29. The van der Waals surface area contributed by atoms with Gasteiger partial charge in [0.1, 0.15) is 0 Å². The molecule has 1 aromatic carbocycles. The zero-order valence-electron chi connectivity index (χ0n) is 15.9. The lowest BCUT2D eigenvalue weighted by Gasteiger charge is -2.30. The Kier molecular flexibility index (Phi) is 5.27. The monoisotopic (exact) mass is 382 g/mol. The smallest absolute Gasteiger partial charge is 0.230 e. The number of rotatable bonds is 5. The van der Waals surface area contributed by atoms with Crippen LogP contribution >= 0.6 is 11.3 Å². The number of anilines is 1. The zero-order valence-corrected chi connectivity index (χ0v) is 16.7. The van der Waals surface area contributed by atoms with Crippen LogP contribution in [0.2, 0.25) is 0 Å². The number of nitrogens with one attached hydrogen (secondary N) is 2. The number of carbonyl (C=O) groups is 1. The van der Waals surface area contributed by atoms with Gasteiger partial charge in [-0.25, -0.2) is 4.98 Å². The summed E-state index contributed by atoms with van der Waals surface area (Å²) in [5.41, 5.74) is 4.23. The lowest BCUT2D eigenvalue weighted by atomic mass is 10.0. The van der Waals surface area contributed by atoms with Crippen molar-refractivity contribution in [2.75, 3.05) is 18.4 Å². The third-order valence-corrected chi connectivity index (χ3v) is 6.10. The molecule has 6 heteroatoms. The number of benzene rings is 1. The molecule has 0 spiro atoms. The molecule has 27 heavy (non-hydrogen) atoms. The lowest BCUT2D eigenvalue weighted by Crippen LogP contribution is -2.33. The summed E-state index contributed by atoms with van der Waals surface area (Å²) >= 11 is 1.51. The van der Waals surface area contributed by atoms with E-state index in [1.165, 1.54) is 24.2 Å². The Balaban J connectivity index is 1.38. The van der Waals surface area contributed by atoms with Crippen molar-refractivity contribution in [2.24, 2.45) is 5.92 Å². The lowest BCUT2D eigenvalue weighted by molar-refractivity contribution is -0.115. The molecule has 1 atom stereocenters. The number of carbonyl (C=O) groups excluding carboxylic acids is 1. The number of amides is 1. The summed E-state index contributed by atoms with van der Waals surface area (Å²) in [6, 6.07) is 8.11. The van der Waals surface area contributed by atoms with Gasteiger partial charge in [-0.1, -0.05) is 25.1 Å². The van der Waals surface area contributed by atoms with E-state index in [2.05, 4.69) is 38.6 Å².